The first kappa shape index (κ1) is 10.8. The van der Waals surface area contributed by atoms with Crippen LogP contribution in [-0.2, 0) is 0 Å². The summed E-state index contributed by atoms with van der Waals surface area (Å²) in [5.41, 5.74) is 0. The Labute approximate surface area is 92.5 Å². The van der Waals surface area contributed by atoms with Crippen molar-refractivity contribution in [2.24, 2.45) is 0 Å². The Hall–Kier alpha value is -0.260. The van der Waals surface area contributed by atoms with Crippen LogP contribution < -0.4 is 0 Å². The van der Waals surface area contributed by atoms with Crippen LogP contribution in [0.4, 0.5) is 0 Å². The fourth-order valence-electron chi connectivity index (χ4n) is 0.989. The third-order valence-electron chi connectivity index (χ3n) is 1.72. The molecule has 0 spiro atoms. The predicted molar refractivity (Wildman–Crippen MR) is 63.0 cm³/mol. The van der Waals surface area contributed by atoms with E-state index in [1.165, 1.54) is 19.3 Å². The van der Waals surface area contributed by atoms with Gasteiger partial charge in [0.05, 0.1) is 4.88 Å². The minimum atomic E-state index is 1.03. The van der Waals surface area contributed by atoms with Crippen LogP contribution in [-0.4, -0.2) is 0 Å². The second-order valence-electron chi connectivity index (χ2n) is 2.86. The summed E-state index contributed by atoms with van der Waals surface area (Å²) in [5.74, 6) is 6.37. The molecule has 1 aromatic rings. The molecule has 0 unspecified atom stereocenters. The molecule has 0 saturated heterocycles. The normalized spacial score (nSPS) is 9.38. The molecule has 0 radical (unpaired) electrons. The molecule has 0 fully saturated rings. The van der Waals surface area contributed by atoms with E-state index in [-0.39, 0.29) is 0 Å². The molecule has 0 saturated carbocycles. The van der Waals surface area contributed by atoms with Gasteiger partial charge in [0.2, 0.25) is 0 Å². The molecule has 0 atom stereocenters. The van der Waals surface area contributed by atoms with Gasteiger partial charge in [-0.2, -0.15) is 0 Å². The van der Waals surface area contributed by atoms with Gasteiger partial charge in [-0.1, -0.05) is 31.6 Å². The van der Waals surface area contributed by atoms with Gasteiger partial charge >= 0.3 is 0 Å². The smallest absolute Gasteiger partial charge is 0.0910 e. The molecule has 1 rings (SSSR count). The van der Waals surface area contributed by atoms with Gasteiger partial charge in [-0.3, -0.25) is 0 Å². The first-order chi connectivity index (χ1) is 6.34. The standard InChI is InChI=1S/C11H13BrS/c1-2-3-4-5-6-7-11-10(12)8-9-13-11/h8-9H,2-5H2,1H3. The maximum absolute atomic E-state index is 3.46. The lowest BCUT2D eigenvalue weighted by atomic mass is 10.2. The zero-order valence-corrected chi connectivity index (χ0v) is 10.2. The van der Waals surface area contributed by atoms with Crippen molar-refractivity contribution in [1.82, 2.24) is 0 Å². The highest BCUT2D eigenvalue weighted by Gasteiger charge is 1.94. The molecule has 70 valence electrons. The topological polar surface area (TPSA) is 0 Å². The largest absolute Gasteiger partial charge is 0.134 e. The molecule has 0 aliphatic rings. The van der Waals surface area contributed by atoms with Crippen molar-refractivity contribution in [2.45, 2.75) is 32.6 Å². The van der Waals surface area contributed by atoms with Gasteiger partial charge in [0.1, 0.15) is 0 Å². The summed E-state index contributed by atoms with van der Waals surface area (Å²) in [6, 6.07) is 2.04. The van der Waals surface area contributed by atoms with Gasteiger partial charge in [-0.05, 0) is 33.8 Å². The third kappa shape index (κ3) is 3.97. The predicted octanol–water partition coefficient (Wildman–Crippen LogP) is 4.44. The van der Waals surface area contributed by atoms with E-state index in [0.29, 0.717) is 0 Å². The fourth-order valence-corrected chi connectivity index (χ4v) is 2.33. The second kappa shape index (κ2) is 6.23. The molecule has 0 nitrogen and oxygen atoms in total. The van der Waals surface area contributed by atoms with Crippen molar-refractivity contribution in [2.75, 3.05) is 0 Å². The zero-order valence-electron chi connectivity index (χ0n) is 7.77. The van der Waals surface area contributed by atoms with E-state index < -0.39 is 0 Å². The Balaban J connectivity index is 2.35. The van der Waals surface area contributed by atoms with E-state index in [0.717, 1.165) is 15.8 Å². The van der Waals surface area contributed by atoms with Crippen molar-refractivity contribution in [1.29, 1.82) is 0 Å². The van der Waals surface area contributed by atoms with Gasteiger partial charge in [0.15, 0.2) is 0 Å². The van der Waals surface area contributed by atoms with Crippen LogP contribution >= 0.6 is 27.3 Å². The molecule has 1 heterocycles. The van der Waals surface area contributed by atoms with Crippen molar-refractivity contribution in [3.63, 3.8) is 0 Å². The number of halogens is 1. The molecular weight excluding hydrogens is 244 g/mol. The summed E-state index contributed by atoms with van der Waals surface area (Å²) >= 11 is 5.15. The first-order valence-corrected chi connectivity index (χ1v) is 6.23. The quantitative estimate of drug-likeness (QED) is 0.554. The minimum Gasteiger partial charge on any atom is -0.134 e. The molecule has 0 aliphatic carbocycles. The SMILES string of the molecule is CCCCCC#Cc1sccc1Br. The van der Waals surface area contributed by atoms with E-state index in [4.69, 9.17) is 0 Å². The van der Waals surface area contributed by atoms with E-state index >= 15 is 0 Å². The molecule has 0 bridgehead atoms. The van der Waals surface area contributed by atoms with Crippen molar-refractivity contribution >= 4 is 27.3 Å². The lowest BCUT2D eigenvalue weighted by Gasteiger charge is -1.88. The van der Waals surface area contributed by atoms with E-state index in [9.17, 15) is 0 Å². The summed E-state index contributed by atoms with van der Waals surface area (Å²) in [4.78, 5) is 1.15. The molecular formula is C11H13BrS. The van der Waals surface area contributed by atoms with Gasteiger partial charge < -0.3 is 0 Å². The molecule has 0 amide bonds. The monoisotopic (exact) mass is 256 g/mol. The van der Waals surface area contributed by atoms with Crippen LogP contribution in [0.5, 0.6) is 0 Å². The van der Waals surface area contributed by atoms with E-state index in [1.807, 2.05) is 6.07 Å². The Kier molecular flexibility index (Phi) is 5.19. The molecule has 0 N–H and O–H groups in total. The summed E-state index contributed by atoms with van der Waals surface area (Å²) in [7, 11) is 0. The molecule has 13 heavy (non-hydrogen) atoms. The van der Waals surface area contributed by atoms with Crippen molar-refractivity contribution in [3.8, 4) is 11.8 Å². The molecule has 1 aromatic heterocycles. The highest BCUT2D eigenvalue weighted by atomic mass is 79.9. The van der Waals surface area contributed by atoms with E-state index in [2.05, 4.69) is 40.1 Å². The van der Waals surface area contributed by atoms with Crippen LogP contribution in [0.2, 0.25) is 0 Å². The van der Waals surface area contributed by atoms with E-state index in [1.54, 1.807) is 11.3 Å². The van der Waals surface area contributed by atoms with Crippen molar-refractivity contribution in [3.05, 3.63) is 20.8 Å². The number of rotatable bonds is 3. The summed E-state index contributed by atoms with van der Waals surface area (Å²) in [6.07, 6.45) is 4.81. The van der Waals surface area contributed by atoms with Crippen LogP contribution in [0, 0.1) is 11.8 Å². The average Bonchev–Trinajstić information content (AvgIpc) is 2.52. The summed E-state index contributed by atoms with van der Waals surface area (Å²) < 4.78 is 1.13. The highest BCUT2D eigenvalue weighted by molar-refractivity contribution is 9.10. The molecule has 0 aliphatic heterocycles. The Bertz CT molecular complexity index is 303. The zero-order chi connectivity index (χ0) is 9.52. The highest BCUT2D eigenvalue weighted by Crippen LogP contribution is 2.21. The maximum Gasteiger partial charge on any atom is 0.0910 e. The third-order valence-corrected chi connectivity index (χ3v) is 3.48. The number of hydrogen-bond donors (Lipinski definition) is 0. The van der Waals surface area contributed by atoms with Crippen LogP contribution in [0.15, 0.2) is 15.9 Å². The van der Waals surface area contributed by atoms with Crippen LogP contribution in [0.1, 0.15) is 37.5 Å². The Morgan fingerprint density at radius 3 is 2.92 bits per heavy atom. The Morgan fingerprint density at radius 2 is 2.31 bits per heavy atom. The van der Waals surface area contributed by atoms with Crippen LogP contribution in [0.3, 0.4) is 0 Å². The maximum atomic E-state index is 3.46. The van der Waals surface area contributed by atoms with Gasteiger partial charge in [0.25, 0.3) is 0 Å². The van der Waals surface area contributed by atoms with Crippen LogP contribution in [0.25, 0.3) is 0 Å². The number of thiophene rings is 1. The number of hydrogen-bond acceptors (Lipinski definition) is 1. The fraction of sp³-hybridized carbons (Fsp3) is 0.455. The first-order valence-electron chi connectivity index (χ1n) is 4.56. The summed E-state index contributed by atoms with van der Waals surface area (Å²) in [6.45, 7) is 2.21. The lowest BCUT2D eigenvalue weighted by Crippen LogP contribution is -1.71. The number of unbranched alkanes of at least 4 members (excludes halogenated alkanes) is 3. The summed E-state index contributed by atoms with van der Waals surface area (Å²) in [5, 5.41) is 2.06. The van der Waals surface area contributed by atoms with Gasteiger partial charge in [-0.25, -0.2) is 0 Å². The average molecular weight is 257 g/mol. The molecule has 0 aromatic carbocycles. The minimum absolute atomic E-state index is 1.03. The second-order valence-corrected chi connectivity index (χ2v) is 4.63. The lowest BCUT2D eigenvalue weighted by molar-refractivity contribution is 0.737. The van der Waals surface area contributed by atoms with Gasteiger partial charge in [-0.15, -0.1) is 11.3 Å². The Morgan fingerprint density at radius 1 is 1.46 bits per heavy atom. The van der Waals surface area contributed by atoms with Crippen molar-refractivity contribution < 1.29 is 0 Å². The van der Waals surface area contributed by atoms with Gasteiger partial charge in [0, 0.05) is 10.9 Å². The molecule has 2 heteroatoms.